The van der Waals surface area contributed by atoms with E-state index in [0.717, 1.165) is 44.1 Å². The van der Waals surface area contributed by atoms with E-state index < -0.39 is 5.60 Å². The Balaban J connectivity index is 0.00000256. The Labute approximate surface area is 125 Å². The molecule has 4 nitrogen and oxygen atoms in total. The first-order chi connectivity index (χ1) is 7.70. The molecule has 0 heterocycles. The monoisotopic (exact) mass is 373 g/mol. The van der Waals surface area contributed by atoms with E-state index in [1.165, 1.54) is 0 Å². The van der Waals surface area contributed by atoms with Gasteiger partial charge in [0.15, 0.2) is 5.96 Å². The Morgan fingerprint density at radius 1 is 1.41 bits per heavy atom. The van der Waals surface area contributed by atoms with E-state index in [1.54, 1.807) is 11.8 Å². The molecule has 0 unspecified atom stereocenters. The maximum Gasteiger partial charge on any atom is 0.191 e. The van der Waals surface area contributed by atoms with E-state index in [0.29, 0.717) is 6.54 Å². The quantitative estimate of drug-likeness (QED) is 0.286. The number of nitrogens with zero attached hydrogens (tertiary/aromatic N) is 1. The molecule has 1 aliphatic carbocycles. The first-order valence-corrected chi connectivity index (χ1v) is 7.33. The molecule has 0 bridgehead atoms. The average Bonchev–Trinajstić information content (AvgIpc) is 2.23. The fourth-order valence-electron chi connectivity index (χ4n) is 1.58. The summed E-state index contributed by atoms with van der Waals surface area (Å²) in [4.78, 5) is 4.41. The van der Waals surface area contributed by atoms with Crippen LogP contribution in [-0.2, 0) is 0 Å². The molecule has 0 aromatic heterocycles. The Hall–Kier alpha value is 0.310. The number of halogens is 1. The largest absolute Gasteiger partial charge is 0.388 e. The normalized spacial score (nSPS) is 17.9. The van der Waals surface area contributed by atoms with Gasteiger partial charge in [-0.2, -0.15) is 11.8 Å². The lowest BCUT2D eigenvalue weighted by Gasteiger charge is -2.35. The van der Waals surface area contributed by atoms with Crippen molar-refractivity contribution >= 4 is 41.7 Å². The fraction of sp³-hybridized carbons (Fsp3) is 0.909. The van der Waals surface area contributed by atoms with Crippen molar-refractivity contribution in [2.24, 2.45) is 4.99 Å². The summed E-state index contributed by atoms with van der Waals surface area (Å²) >= 11 is 1.81. The van der Waals surface area contributed by atoms with Crippen LogP contribution in [0.3, 0.4) is 0 Å². The van der Waals surface area contributed by atoms with Crippen LogP contribution in [0.2, 0.25) is 0 Å². The lowest BCUT2D eigenvalue weighted by Crippen LogP contribution is -2.43. The number of aliphatic hydroxyl groups is 1. The van der Waals surface area contributed by atoms with Gasteiger partial charge in [-0.15, -0.1) is 24.0 Å². The van der Waals surface area contributed by atoms with Crippen molar-refractivity contribution in [1.29, 1.82) is 0 Å². The van der Waals surface area contributed by atoms with Crippen molar-refractivity contribution in [1.82, 2.24) is 10.6 Å². The molecule has 1 rings (SSSR count). The average molecular weight is 373 g/mol. The van der Waals surface area contributed by atoms with Crippen LogP contribution in [-0.4, -0.2) is 48.3 Å². The van der Waals surface area contributed by atoms with Crippen LogP contribution in [0.5, 0.6) is 0 Å². The zero-order chi connectivity index (χ0) is 11.9. The van der Waals surface area contributed by atoms with E-state index in [9.17, 15) is 5.11 Å². The Morgan fingerprint density at radius 3 is 2.59 bits per heavy atom. The molecule has 0 aromatic carbocycles. The van der Waals surface area contributed by atoms with Crippen molar-refractivity contribution in [3.63, 3.8) is 0 Å². The number of guanidine groups is 1. The van der Waals surface area contributed by atoms with Crippen molar-refractivity contribution < 1.29 is 5.11 Å². The van der Waals surface area contributed by atoms with Gasteiger partial charge in [-0.1, -0.05) is 0 Å². The summed E-state index contributed by atoms with van der Waals surface area (Å²) in [5, 5.41) is 16.4. The molecule has 0 aromatic rings. The molecular weight excluding hydrogens is 349 g/mol. The maximum atomic E-state index is 9.93. The van der Waals surface area contributed by atoms with Crippen LogP contribution in [0, 0.1) is 0 Å². The molecule has 0 amide bonds. The third kappa shape index (κ3) is 6.71. The molecule has 1 fully saturated rings. The number of nitrogens with one attached hydrogen (secondary N) is 2. The predicted octanol–water partition coefficient (Wildman–Crippen LogP) is 1.44. The third-order valence-corrected chi connectivity index (χ3v) is 3.37. The Bertz CT molecular complexity index is 235. The molecule has 1 saturated carbocycles. The first kappa shape index (κ1) is 17.3. The smallest absolute Gasteiger partial charge is 0.191 e. The number of rotatable bonds is 6. The standard InChI is InChI=1S/C11H23N3OS.HI/c1-3-12-10(13-7-8-16-2)14-9-11(15)5-4-6-11;/h15H,3-9H2,1-2H3,(H2,12,13,14);1H. The summed E-state index contributed by atoms with van der Waals surface area (Å²) in [7, 11) is 0. The van der Waals surface area contributed by atoms with Gasteiger partial charge >= 0.3 is 0 Å². The molecule has 0 atom stereocenters. The van der Waals surface area contributed by atoms with Crippen molar-refractivity contribution in [2.75, 3.05) is 31.6 Å². The van der Waals surface area contributed by atoms with Gasteiger partial charge < -0.3 is 15.7 Å². The van der Waals surface area contributed by atoms with E-state index >= 15 is 0 Å². The van der Waals surface area contributed by atoms with Crippen LogP contribution in [0.1, 0.15) is 26.2 Å². The minimum Gasteiger partial charge on any atom is -0.388 e. The second-order valence-corrected chi connectivity index (χ2v) is 5.18. The fourth-order valence-corrected chi connectivity index (χ4v) is 1.89. The van der Waals surface area contributed by atoms with Gasteiger partial charge in [0.2, 0.25) is 0 Å². The molecule has 0 radical (unpaired) electrons. The number of hydrogen-bond acceptors (Lipinski definition) is 3. The maximum absolute atomic E-state index is 9.93. The highest BCUT2D eigenvalue weighted by Crippen LogP contribution is 2.31. The Kier molecular flexibility index (Phi) is 9.44. The van der Waals surface area contributed by atoms with Crippen LogP contribution >= 0.6 is 35.7 Å². The second kappa shape index (κ2) is 9.27. The summed E-state index contributed by atoms with van der Waals surface area (Å²) in [5.41, 5.74) is -0.526. The minimum absolute atomic E-state index is 0. The lowest BCUT2D eigenvalue weighted by molar-refractivity contribution is -0.0236. The molecular formula is C11H24IN3OS. The first-order valence-electron chi connectivity index (χ1n) is 5.94. The molecule has 0 spiro atoms. The summed E-state index contributed by atoms with van der Waals surface area (Å²) in [6, 6.07) is 0. The van der Waals surface area contributed by atoms with Gasteiger partial charge in [0.25, 0.3) is 0 Å². The van der Waals surface area contributed by atoms with Crippen molar-refractivity contribution in [3.8, 4) is 0 Å². The summed E-state index contributed by atoms with van der Waals surface area (Å²) in [6.07, 6.45) is 4.99. The van der Waals surface area contributed by atoms with Gasteiger partial charge in [-0.05, 0) is 32.4 Å². The molecule has 3 N–H and O–H groups in total. The second-order valence-electron chi connectivity index (χ2n) is 4.19. The highest BCUT2D eigenvalue weighted by Gasteiger charge is 2.34. The molecule has 102 valence electrons. The van der Waals surface area contributed by atoms with Gasteiger partial charge in [0.1, 0.15) is 0 Å². The minimum atomic E-state index is -0.526. The van der Waals surface area contributed by atoms with Gasteiger partial charge in [-0.25, -0.2) is 0 Å². The highest BCUT2D eigenvalue weighted by molar-refractivity contribution is 14.0. The topological polar surface area (TPSA) is 56.7 Å². The number of aliphatic imine (C=N–C) groups is 1. The van der Waals surface area contributed by atoms with Crippen LogP contribution in [0.4, 0.5) is 0 Å². The van der Waals surface area contributed by atoms with Crippen LogP contribution in [0.15, 0.2) is 4.99 Å². The van der Waals surface area contributed by atoms with Crippen LogP contribution in [0.25, 0.3) is 0 Å². The molecule has 6 heteroatoms. The molecule has 0 aliphatic heterocycles. The number of thioether (sulfide) groups is 1. The van der Waals surface area contributed by atoms with E-state index in [-0.39, 0.29) is 24.0 Å². The Morgan fingerprint density at radius 2 is 2.12 bits per heavy atom. The summed E-state index contributed by atoms with van der Waals surface area (Å²) in [6.45, 7) is 4.32. The SMILES string of the molecule is CCNC(=NCC1(O)CCC1)NCCSC.I. The van der Waals surface area contributed by atoms with Crippen molar-refractivity contribution in [2.45, 2.75) is 31.8 Å². The van der Waals surface area contributed by atoms with Gasteiger partial charge in [0, 0.05) is 18.8 Å². The lowest BCUT2D eigenvalue weighted by atomic mass is 9.80. The number of hydrogen-bond donors (Lipinski definition) is 3. The van der Waals surface area contributed by atoms with E-state index in [1.807, 2.05) is 6.92 Å². The van der Waals surface area contributed by atoms with E-state index in [4.69, 9.17) is 0 Å². The zero-order valence-electron chi connectivity index (χ0n) is 10.7. The molecule has 1 aliphatic rings. The molecule has 0 saturated heterocycles. The summed E-state index contributed by atoms with van der Waals surface area (Å²) in [5.74, 6) is 1.88. The van der Waals surface area contributed by atoms with Crippen molar-refractivity contribution in [3.05, 3.63) is 0 Å². The van der Waals surface area contributed by atoms with Gasteiger partial charge in [-0.3, -0.25) is 4.99 Å². The third-order valence-electron chi connectivity index (χ3n) is 2.76. The predicted molar refractivity (Wildman–Crippen MR) is 86.6 cm³/mol. The zero-order valence-corrected chi connectivity index (χ0v) is 13.8. The van der Waals surface area contributed by atoms with Gasteiger partial charge in [0.05, 0.1) is 12.1 Å². The summed E-state index contributed by atoms with van der Waals surface area (Å²) < 4.78 is 0. The highest BCUT2D eigenvalue weighted by atomic mass is 127. The molecule has 17 heavy (non-hydrogen) atoms. The van der Waals surface area contributed by atoms with Crippen LogP contribution < -0.4 is 10.6 Å². The van der Waals surface area contributed by atoms with E-state index in [2.05, 4.69) is 21.9 Å².